The molecule has 1 aromatic heterocycles. The summed E-state index contributed by atoms with van der Waals surface area (Å²) in [4.78, 5) is 17.2. The lowest BCUT2D eigenvalue weighted by Crippen LogP contribution is -2.13. The quantitative estimate of drug-likeness (QED) is 0.552. The first-order chi connectivity index (χ1) is 6.65. The normalized spacial score (nSPS) is 11.6. The van der Waals surface area contributed by atoms with Crippen molar-refractivity contribution in [1.82, 2.24) is 9.97 Å². The highest BCUT2D eigenvalue weighted by molar-refractivity contribution is 5.92. The van der Waals surface area contributed by atoms with Crippen LogP contribution in [-0.4, -0.2) is 27.6 Å². The van der Waals surface area contributed by atoms with Crippen LogP contribution in [0.2, 0.25) is 0 Å². The second-order valence-corrected chi connectivity index (χ2v) is 2.84. The SMILES string of the molecule is CC(C#Cc1[nH]cnc1C(N)=O)CO. The molecule has 74 valence electrons. The number of aliphatic hydroxyl groups excluding tert-OH is 1. The molecule has 1 atom stereocenters. The number of aromatic nitrogens is 2. The molecule has 0 spiro atoms. The maximum Gasteiger partial charge on any atom is 0.270 e. The van der Waals surface area contributed by atoms with Crippen molar-refractivity contribution in [2.75, 3.05) is 6.61 Å². The molecule has 5 heteroatoms. The van der Waals surface area contributed by atoms with Crippen LogP contribution in [0.15, 0.2) is 6.33 Å². The highest BCUT2D eigenvalue weighted by Crippen LogP contribution is 2.00. The third-order valence-electron chi connectivity index (χ3n) is 1.59. The maximum absolute atomic E-state index is 10.8. The van der Waals surface area contributed by atoms with Gasteiger partial charge >= 0.3 is 0 Å². The lowest BCUT2D eigenvalue weighted by molar-refractivity contribution is 0.0996. The standard InChI is InChI=1S/C9H11N3O2/c1-6(4-13)2-3-7-8(9(10)14)12-5-11-7/h5-6,13H,4H2,1H3,(H2,10,14)(H,11,12). The summed E-state index contributed by atoms with van der Waals surface area (Å²) in [6.07, 6.45) is 1.35. The van der Waals surface area contributed by atoms with E-state index in [1.807, 2.05) is 0 Å². The topological polar surface area (TPSA) is 92.0 Å². The van der Waals surface area contributed by atoms with Crippen molar-refractivity contribution in [2.24, 2.45) is 11.7 Å². The van der Waals surface area contributed by atoms with E-state index < -0.39 is 5.91 Å². The number of rotatable bonds is 2. The number of aliphatic hydroxyl groups is 1. The first-order valence-electron chi connectivity index (χ1n) is 4.10. The van der Waals surface area contributed by atoms with Gasteiger partial charge in [-0.3, -0.25) is 4.79 Å². The van der Waals surface area contributed by atoms with E-state index in [1.54, 1.807) is 6.92 Å². The van der Waals surface area contributed by atoms with Gasteiger partial charge in [0, 0.05) is 5.92 Å². The molecule has 1 unspecified atom stereocenters. The number of H-pyrrole nitrogens is 1. The zero-order valence-corrected chi connectivity index (χ0v) is 7.74. The Bertz CT molecular complexity index is 386. The van der Waals surface area contributed by atoms with E-state index in [2.05, 4.69) is 21.8 Å². The number of carbonyl (C=O) groups is 1. The van der Waals surface area contributed by atoms with Gasteiger partial charge in [0.15, 0.2) is 5.69 Å². The number of primary amides is 1. The monoisotopic (exact) mass is 193 g/mol. The van der Waals surface area contributed by atoms with E-state index in [0.29, 0.717) is 5.69 Å². The van der Waals surface area contributed by atoms with Gasteiger partial charge in [0.25, 0.3) is 5.91 Å². The highest BCUT2D eigenvalue weighted by Gasteiger charge is 2.08. The van der Waals surface area contributed by atoms with Gasteiger partial charge in [-0.15, -0.1) is 0 Å². The minimum absolute atomic E-state index is 0.0208. The van der Waals surface area contributed by atoms with E-state index in [9.17, 15) is 4.79 Å². The molecule has 1 rings (SSSR count). The van der Waals surface area contributed by atoms with Crippen LogP contribution in [0.3, 0.4) is 0 Å². The lowest BCUT2D eigenvalue weighted by atomic mass is 10.2. The van der Waals surface area contributed by atoms with Crippen molar-refractivity contribution in [1.29, 1.82) is 0 Å². The molecule has 0 aliphatic heterocycles. The lowest BCUT2D eigenvalue weighted by Gasteiger charge is -1.93. The Morgan fingerprint density at radius 2 is 2.57 bits per heavy atom. The van der Waals surface area contributed by atoms with Crippen LogP contribution in [-0.2, 0) is 0 Å². The summed E-state index contributed by atoms with van der Waals surface area (Å²) >= 11 is 0. The van der Waals surface area contributed by atoms with Gasteiger partial charge < -0.3 is 15.8 Å². The van der Waals surface area contributed by atoms with Crippen LogP contribution in [0, 0.1) is 17.8 Å². The summed E-state index contributed by atoms with van der Waals surface area (Å²) < 4.78 is 0. The van der Waals surface area contributed by atoms with Crippen molar-refractivity contribution >= 4 is 5.91 Å². The predicted octanol–water partition coefficient (Wildman–Crippen LogP) is -0.511. The molecule has 1 aromatic rings. The first-order valence-corrected chi connectivity index (χ1v) is 4.10. The molecule has 1 amide bonds. The average molecular weight is 193 g/mol. The van der Waals surface area contributed by atoms with Crippen molar-refractivity contribution in [3.63, 3.8) is 0 Å². The predicted molar refractivity (Wildman–Crippen MR) is 50.2 cm³/mol. The number of hydrogen-bond acceptors (Lipinski definition) is 3. The summed E-state index contributed by atoms with van der Waals surface area (Å²) in [6.45, 7) is 1.75. The number of hydrogen-bond donors (Lipinski definition) is 3. The van der Waals surface area contributed by atoms with E-state index in [1.165, 1.54) is 6.33 Å². The molecule has 5 nitrogen and oxygen atoms in total. The second-order valence-electron chi connectivity index (χ2n) is 2.84. The zero-order chi connectivity index (χ0) is 10.6. The van der Waals surface area contributed by atoms with Gasteiger partial charge in [-0.25, -0.2) is 4.98 Å². The van der Waals surface area contributed by atoms with E-state index in [-0.39, 0.29) is 18.2 Å². The molecule has 0 aliphatic carbocycles. The fraction of sp³-hybridized carbons (Fsp3) is 0.333. The number of nitrogens with zero attached hydrogens (tertiary/aromatic N) is 1. The number of nitrogens with one attached hydrogen (secondary N) is 1. The second kappa shape index (κ2) is 4.44. The molecular weight excluding hydrogens is 182 g/mol. The van der Waals surface area contributed by atoms with Crippen molar-refractivity contribution in [2.45, 2.75) is 6.92 Å². The van der Waals surface area contributed by atoms with Crippen molar-refractivity contribution in [3.8, 4) is 11.8 Å². The summed E-state index contributed by atoms with van der Waals surface area (Å²) in [6, 6.07) is 0. The number of aromatic amines is 1. The van der Waals surface area contributed by atoms with Crippen LogP contribution in [0.1, 0.15) is 23.1 Å². The molecule has 0 aliphatic rings. The number of carbonyl (C=O) groups excluding carboxylic acids is 1. The third-order valence-corrected chi connectivity index (χ3v) is 1.59. The summed E-state index contributed by atoms with van der Waals surface area (Å²) in [5.41, 5.74) is 5.57. The van der Waals surface area contributed by atoms with Crippen LogP contribution in [0.25, 0.3) is 0 Å². The Kier molecular flexibility index (Phi) is 3.26. The molecule has 1 heterocycles. The summed E-state index contributed by atoms with van der Waals surface area (Å²) in [5.74, 6) is 4.69. The molecule has 0 radical (unpaired) electrons. The van der Waals surface area contributed by atoms with Crippen molar-refractivity contribution < 1.29 is 9.90 Å². The minimum atomic E-state index is -0.618. The Labute approximate surface area is 81.3 Å². The van der Waals surface area contributed by atoms with Gasteiger partial charge in [-0.05, 0) is 12.8 Å². The fourth-order valence-corrected chi connectivity index (χ4v) is 0.817. The number of amides is 1. The van der Waals surface area contributed by atoms with Gasteiger partial charge in [-0.1, -0.05) is 5.92 Å². The smallest absolute Gasteiger partial charge is 0.270 e. The van der Waals surface area contributed by atoms with E-state index >= 15 is 0 Å². The molecule has 0 fully saturated rings. The van der Waals surface area contributed by atoms with Crippen LogP contribution in [0.5, 0.6) is 0 Å². The zero-order valence-electron chi connectivity index (χ0n) is 7.74. The van der Waals surface area contributed by atoms with Gasteiger partial charge in [0.2, 0.25) is 0 Å². The average Bonchev–Trinajstić information content (AvgIpc) is 2.62. The minimum Gasteiger partial charge on any atom is -0.395 e. The Balaban J connectivity index is 2.89. The molecular formula is C9H11N3O2. The van der Waals surface area contributed by atoms with Gasteiger partial charge in [0.05, 0.1) is 12.9 Å². The van der Waals surface area contributed by atoms with Crippen LogP contribution < -0.4 is 5.73 Å². The van der Waals surface area contributed by atoms with Crippen LogP contribution >= 0.6 is 0 Å². The molecule has 0 aromatic carbocycles. The highest BCUT2D eigenvalue weighted by atomic mass is 16.3. The Morgan fingerprint density at radius 1 is 1.86 bits per heavy atom. The number of imidazole rings is 1. The molecule has 0 bridgehead atoms. The number of nitrogens with two attached hydrogens (primary N) is 1. The third kappa shape index (κ3) is 2.34. The Morgan fingerprint density at radius 3 is 3.14 bits per heavy atom. The van der Waals surface area contributed by atoms with Crippen molar-refractivity contribution in [3.05, 3.63) is 17.7 Å². The molecule has 0 saturated heterocycles. The van der Waals surface area contributed by atoms with E-state index in [4.69, 9.17) is 10.8 Å². The fourth-order valence-electron chi connectivity index (χ4n) is 0.817. The largest absolute Gasteiger partial charge is 0.395 e. The summed E-state index contributed by atoms with van der Waals surface area (Å²) in [5, 5.41) is 8.72. The molecule has 4 N–H and O–H groups in total. The maximum atomic E-state index is 10.8. The Hall–Kier alpha value is -1.80. The molecule has 14 heavy (non-hydrogen) atoms. The molecule has 0 saturated carbocycles. The summed E-state index contributed by atoms with van der Waals surface area (Å²) in [7, 11) is 0. The van der Waals surface area contributed by atoms with Gasteiger partial charge in [-0.2, -0.15) is 0 Å². The van der Waals surface area contributed by atoms with Crippen LogP contribution in [0.4, 0.5) is 0 Å². The van der Waals surface area contributed by atoms with Gasteiger partial charge in [0.1, 0.15) is 5.69 Å². The van der Waals surface area contributed by atoms with E-state index in [0.717, 1.165) is 0 Å². The first kappa shape index (κ1) is 10.3.